The molecule has 1 aromatic heterocycles. The van der Waals surface area contributed by atoms with Crippen molar-refractivity contribution in [1.82, 2.24) is 5.32 Å². The Morgan fingerprint density at radius 1 is 0.920 bits per heavy atom. The van der Waals surface area contributed by atoms with Gasteiger partial charge in [-0.25, -0.2) is 0 Å². The number of furan rings is 1. The maximum absolute atomic E-state index is 12.0. The van der Waals surface area contributed by atoms with Crippen molar-refractivity contribution in [2.75, 3.05) is 12.3 Å². The smallest absolute Gasteiger partial charge is 0.224 e. The lowest BCUT2D eigenvalue weighted by Gasteiger charge is -2.06. The second-order valence-corrected chi connectivity index (χ2v) is 6.83. The van der Waals surface area contributed by atoms with Gasteiger partial charge >= 0.3 is 0 Å². The first kappa shape index (κ1) is 17.4. The first-order valence-electron chi connectivity index (χ1n) is 8.32. The summed E-state index contributed by atoms with van der Waals surface area (Å²) in [5.41, 5.74) is 3.38. The van der Waals surface area contributed by atoms with E-state index < -0.39 is 0 Å². The molecule has 0 radical (unpaired) electrons. The van der Waals surface area contributed by atoms with Crippen LogP contribution in [0.4, 0.5) is 0 Å². The van der Waals surface area contributed by atoms with Crippen LogP contribution in [0.3, 0.4) is 0 Å². The van der Waals surface area contributed by atoms with E-state index in [2.05, 4.69) is 29.6 Å². The van der Waals surface area contributed by atoms with Crippen molar-refractivity contribution in [3.05, 3.63) is 84.3 Å². The van der Waals surface area contributed by atoms with E-state index in [1.54, 1.807) is 18.0 Å². The third kappa shape index (κ3) is 5.54. The summed E-state index contributed by atoms with van der Waals surface area (Å²) in [6.45, 7) is 0.673. The molecule has 0 spiro atoms. The van der Waals surface area contributed by atoms with Crippen molar-refractivity contribution in [1.29, 1.82) is 0 Å². The van der Waals surface area contributed by atoms with E-state index in [-0.39, 0.29) is 5.91 Å². The fraction of sp³-hybridized carbons (Fsp3) is 0.190. The van der Waals surface area contributed by atoms with Gasteiger partial charge in [0.05, 0.1) is 18.4 Å². The third-order valence-corrected chi connectivity index (χ3v) is 4.80. The molecule has 0 bridgehead atoms. The largest absolute Gasteiger partial charge is 0.468 e. The molecule has 3 rings (SSSR count). The summed E-state index contributed by atoms with van der Waals surface area (Å²) < 4.78 is 5.27. The minimum atomic E-state index is 0.0612. The number of hydrogen-bond acceptors (Lipinski definition) is 3. The molecule has 3 aromatic rings. The number of carbonyl (C=O) groups is 1. The van der Waals surface area contributed by atoms with Gasteiger partial charge in [-0.05, 0) is 28.8 Å². The SMILES string of the molecule is O=C(Cc1ccc(-c2ccccc2)cc1)NCCSCc1ccco1. The van der Waals surface area contributed by atoms with E-state index in [1.165, 1.54) is 11.1 Å². The predicted octanol–water partition coefficient (Wildman–Crippen LogP) is 4.54. The summed E-state index contributed by atoms with van der Waals surface area (Å²) >= 11 is 1.75. The summed E-state index contributed by atoms with van der Waals surface area (Å²) in [5, 5.41) is 2.97. The highest BCUT2D eigenvalue weighted by molar-refractivity contribution is 7.98. The highest BCUT2D eigenvalue weighted by Gasteiger charge is 2.04. The van der Waals surface area contributed by atoms with Gasteiger partial charge in [-0.3, -0.25) is 4.79 Å². The highest BCUT2D eigenvalue weighted by Crippen LogP contribution is 2.19. The van der Waals surface area contributed by atoms with E-state index >= 15 is 0 Å². The van der Waals surface area contributed by atoms with Crippen LogP contribution in [0, 0.1) is 0 Å². The molecule has 1 amide bonds. The van der Waals surface area contributed by atoms with Gasteiger partial charge in [0.1, 0.15) is 5.76 Å². The number of carbonyl (C=O) groups excluding carboxylic acids is 1. The van der Waals surface area contributed by atoms with Gasteiger partial charge in [0.15, 0.2) is 0 Å². The maximum Gasteiger partial charge on any atom is 0.224 e. The van der Waals surface area contributed by atoms with Crippen LogP contribution >= 0.6 is 11.8 Å². The molecular formula is C21H21NO2S. The van der Waals surface area contributed by atoms with Crippen molar-refractivity contribution >= 4 is 17.7 Å². The van der Waals surface area contributed by atoms with Gasteiger partial charge in [-0.1, -0.05) is 54.6 Å². The van der Waals surface area contributed by atoms with Crippen LogP contribution in [0.25, 0.3) is 11.1 Å². The lowest BCUT2D eigenvalue weighted by molar-refractivity contribution is -0.120. The average Bonchev–Trinajstić information content (AvgIpc) is 3.16. The molecule has 1 N–H and O–H groups in total. The summed E-state index contributed by atoms with van der Waals surface area (Å²) in [7, 11) is 0. The number of rotatable bonds is 8. The molecule has 4 heteroatoms. The molecule has 0 saturated heterocycles. The van der Waals surface area contributed by atoms with Crippen molar-refractivity contribution in [3.63, 3.8) is 0 Å². The molecule has 2 aromatic carbocycles. The number of benzene rings is 2. The number of amides is 1. The zero-order valence-electron chi connectivity index (χ0n) is 14.0. The van der Waals surface area contributed by atoms with Crippen LogP contribution in [0.2, 0.25) is 0 Å². The Hall–Kier alpha value is -2.46. The van der Waals surface area contributed by atoms with Gasteiger partial charge in [0.2, 0.25) is 5.91 Å². The second kappa shape index (κ2) is 9.14. The normalized spacial score (nSPS) is 10.6. The topological polar surface area (TPSA) is 42.2 Å². The van der Waals surface area contributed by atoms with Crippen LogP contribution in [0.15, 0.2) is 77.4 Å². The van der Waals surface area contributed by atoms with E-state index in [4.69, 9.17) is 4.42 Å². The van der Waals surface area contributed by atoms with Crippen LogP contribution in [-0.4, -0.2) is 18.2 Å². The van der Waals surface area contributed by atoms with Crippen LogP contribution in [0.5, 0.6) is 0 Å². The lowest BCUT2D eigenvalue weighted by atomic mass is 10.0. The van der Waals surface area contributed by atoms with Crippen LogP contribution in [-0.2, 0) is 17.0 Å². The number of hydrogen-bond donors (Lipinski definition) is 1. The summed E-state index contributed by atoms with van der Waals surface area (Å²) in [6, 6.07) is 22.3. The molecule has 0 fully saturated rings. The van der Waals surface area contributed by atoms with E-state index in [0.717, 1.165) is 22.8 Å². The van der Waals surface area contributed by atoms with Crippen LogP contribution in [0.1, 0.15) is 11.3 Å². The Kier molecular flexibility index (Phi) is 6.35. The second-order valence-electron chi connectivity index (χ2n) is 5.72. The average molecular weight is 351 g/mol. The Morgan fingerprint density at radius 3 is 2.40 bits per heavy atom. The predicted molar refractivity (Wildman–Crippen MR) is 103 cm³/mol. The fourth-order valence-electron chi connectivity index (χ4n) is 2.52. The van der Waals surface area contributed by atoms with Gasteiger partial charge in [0.25, 0.3) is 0 Å². The summed E-state index contributed by atoms with van der Waals surface area (Å²) in [4.78, 5) is 12.0. The molecule has 0 unspecified atom stereocenters. The molecule has 0 aliphatic heterocycles. The van der Waals surface area contributed by atoms with Gasteiger partial charge in [0, 0.05) is 12.3 Å². The van der Waals surface area contributed by atoms with Crippen molar-refractivity contribution < 1.29 is 9.21 Å². The molecule has 0 aliphatic carbocycles. The summed E-state index contributed by atoms with van der Waals surface area (Å²) in [5.74, 6) is 2.74. The van der Waals surface area contributed by atoms with Gasteiger partial charge in [-0.15, -0.1) is 0 Å². The van der Waals surface area contributed by atoms with E-state index in [9.17, 15) is 4.79 Å². The first-order chi connectivity index (χ1) is 12.3. The molecule has 3 nitrogen and oxygen atoms in total. The zero-order chi connectivity index (χ0) is 17.3. The number of thioether (sulfide) groups is 1. The van der Waals surface area contributed by atoms with Crippen molar-refractivity contribution in [3.8, 4) is 11.1 Å². The zero-order valence-corrected chi connectivity index (χ0v) is 14.8. The molecule has 1 heterocycles. The van der Waals surface area contributed by atoms with Crippen molar-refractivity contribution in [2.24, 2.45) is 0 Å². The quantitative estimate of drug-likeness (QED) is 0.606. The molecular weight excluding hydrogens is 330 g/mol. The van der Waals surface area contributed by atoms with Crippen molar-refractivity contribution in [2.45, 2.75) is 12.2 Å². The molecule has 25 heavy (non-hydrogen) atoms. The van der Waals surface area contributed by atoms with E-state index in [1.807, 2.05) is 42.5 Å². The molecule has 0 aliphatic rings. The maximum atomic E-state index is 12.0. The Bertz CT molecular complexity index is 767. The van der Waals surface area contributed by atoms with Gasteiger partial charge in [-0.2, -0.15) is 11.8 Å². The Labute approximate surface area is 152 Å². The Balaban J connectivity index is 1.39. The molecule has 0 saturated carbocycles. The minimum absolute atomic E-state index is 0.0612. The Morgan fingerprint density at radius 2 is 1.68 bits per heavy atom. The standard InChI is InChI=1S/C21H21NO2S/c23-21(22-12-14-25-16-20-7-4-13-24-20)15-17-8-10-19(11-9-17)18-5-2-1-3-6-18/h1-11,13H,12,14-16H2,(H,22,23). The summed E-state index contributed by atoms with van der Waals surface area (Å²) in [6.07, 6.45) is 2.10. The first-order valence-corrected chi connectivity index (χ1v) is 9.48. The monoisotopic (exact) mass is 351 g/mol. The molecule has 128 valence electrons. The number of nitrogens with one attached hydrogen (secondary N) is 1. The molecule has 0 atom stereocenters. The van der Waals surface area contributed by atoms with Crippen LogP contribution < -0.4 is 5.32 Å². The van der Waals surface area contributed by atoms with E-state index in [0.29, 0.717) is 13.0 Å². The minimum Gasteiger partial charge on any atom is -0.468 e. The third-order valence-electron chi connectivity index (χ3n) is 3.82. The fourth-order valence-corrected chi connectivity index (χ4v) is 3.28. The lowest BCUT2D eigenvalue weighted by Crippen LogP contribution is -2.27. The highest BCUT2D eigenvalue weighted by atomic mass is 32.2. The van der Waals surface area contributed by atoms with Gasteiger partial charge < -0.3 is 9.73 Å².